The number of anilines is 1. The summed E-state index contributed by atoms with van der Waals surface area (Å²) in [6.45, 7) is 2.25. The Labute approximate surface area is 218 Å². The molecule has 38 heavy (non-hydrogen) atoms. The van der Waals surface area contributed by atoms with E-state index < -0.39 is 21.6 Å². The van der Waals surface area contributed by atoms with Crippen LogP contribution in [0.3, 0.4) is 0 Å². The van der Waals surface area contributed by atoms with Gasteiger partial charge in [-0.3, -0.25) is 4.90 Å². The Kier molecular flexibility index (Phi) is 6.62. The molecule has 8 nitrogen and oxygen atoms in total. The van der Waals surface area contributed by atoms with Crippen LogP contribution in [0.2, 0.25) is 0 Å². The van der Waals surface area contributed by atoms with Crippen molar-refractivity contribution in [1.29, 1.82) is 0 Å². The maximum absolute atomic E-state index is 13.2. The standard InChI is InChI=1S/C26H26F3N5O3S/c1-2-38(36,37)19-7-5-17(6-8-19)13-32-24(35)34-16-25(11-3-4-12-25)22-21(34)10-9-20(33-22)23-30-14-18(15-31-23)26(27,28)29/h5-10,14-15H,2-4,11-13,16H2,1H3,(H,32,35). The summed E-state index contributed by atoms with van der Waals surface area (Å²) < 4.78 is 62.8. The van der Waals surface area contributed by atoms with Gasteiger partial charge in [0.15, 0.2) is 15.7 Å². The van der Waals surface area contributed by atoms with Crippen molar-refractivity contribution in [2.45, 2.75) is 55.6 Å². The molecule has 0 radical (unpaired) electrons. The molecule has 2 amide bonds. The van der Waals surface area contributed by atoms with Crippen molar-refractivity contribution in [2.24, 2.45) is 0 Å². The molecule has 1 fully saturated rings. The average molecular weight is 546 g/mol. The third kappa shape index (κ3) is 4.84. The Bertz CT molecular complexity index is 1450. The topological polar surface area (TPSA) is 105 Å². The van der Waals surface area contributed by atoms with Gasteiger partial charge in [0.2, 0.25) is 0 Å². The molecule has 3 heterocycles. The van der Waals surface area contributed by atoms with Crippen molar-refractivity contribution in [1.82, 2.24) is 20.3 Å². The number of aromatic nitrogens is 3. The van der Waals surface area contributed by atoms with E-state index in [9.17, 15) is 26.4 Å². The van der Waals surface area contributed by atoms with Gasteiger partial charge >= 0.3 is 12.2 Å². The lowest BCUT2D eigenvalue weighted by molar-refractivity contribution is -0.138. The second-order valence-electron chi connectivity index (χ2n) is 9.64. The van der Waals surface area contributed by atoms with Gasteiger partial charge in [-0.15, -0.1) is 0 Å². The number of hydrogen-bond acceptors (Lipinski definition) is 6. The van der Waals surface area contributed by atoms with E-state index in [0.29, 0.717) is 17.9 Å². The summed E-state index contributed by atoms with van der Waals surface area (Å²) in [4.78, 5) is 27.6. The zero-order valence-electron chi connectivity index (χ0n) is 20.6. The molecule has 0 bridgehead atoms. The van der Waals surface area contributed by atoms with Gasteiger partial charge in [0.05, 0.1) is 27.6 Å². The van der Waals surface area contributed by atoms with Crippen LogP contribution in [0.25, 0.3) is 11.5 Å². The Hall–Kier alpha value is -3.54. The van der Waals surface area contributed by atoms with Gasteiger partial charge in [-0.1, -0.05) is 31.9 Å². The van der Waals surface area contributed by atoms with E-state index in [1.165, 1.54) is 12.1 Å². The lowest BCUT2D eigenvalue weighted by Crippen LogP contribution is -2.41. The monoisotopic (exact) mass is 545 g/mol. The Morgan fingerprint density at radius 3 is 2.32 bits per heavy atom. The van der Waals surface area contributed by atoms with E-state index in [1.54, 1.807) is 36.1 Å². The smallest absolute Gasteiger partial charge is 0.334 e. The van der Waals surface area contributed by atoms with Crippen molar-refractivity contribution >= 4 is 21.6 Å². The summed E-state index contributed by atoms with van der Waals surface area (Å²) in [7, 11) is -3.30. The van der Waals surface area contributed by atoms with Crippen LogP contribution in [0.5, 0.6) is 0 Å². The number of nitrogens with one attached hydrogen (secondary N) is 1. The van der Waals surface area contributed by atoms with Crippen molar-refractivity contribution in [3.8, 4) is 11.5 Å². The molecule has 3 aromatic rings. The number of nitrogens with zero attached hydrogens (tertiary/aromatic N) is 4. The number of urea groups is 1. The molecule has 0 saturated heterocycles. The van der Waals surface area contributed by atoms with Crippen LogP contribution in [0.1, 0.15) is 49.4 Å². The van der Waals surface area contributed by atoms with E-state index in [2.05, 4.69) is 15.3 Å². The second-order valence-corrected chi connectivity index (χ2v) is 11.9. The number of halogens is 3. The van der Waals surface area contributed by atoms with Gasteiger partial charge in [0.25, 0.3) is 0 Å². The van der Waals surface area contributed by atoms with Crippen LogP contribution >= 0.6 is 0 Å². The molecule has 1 spiro atoms. The first kappa shape index (κ1) is 26.1. The minimum atomic E-state index is -4.53. The van der Waals surface area contributed by atoms with Gasteiger partial charge in [-0.05, 0) is 42.7 Å². The molecule has 0 unspecified atom stereocenters. The SMILES string of the molecule is CCS(=O)(=O)c1ccc(CNC(=O)N2CC3(CCCC3)c3nc(-c4ncc(C(F)(F)F)cn4)ccc32)cc1. The average Bonchev–Trinajstić information content (AvgIpc) is 3.52. The van der Waals surface area contributed by atoms with Crippen molar-refractivity contribution in [3.05, 3.63) is 65.6 Å². The highest BCUT2D eigenvalue weighted by Crippen LogP contribution is 2.50. The van der Waals surface area contributed by atoms with Gasteiger partial charge in [-0.2, -0.15) is 13.2 Å². The molecule has 1 saturated carbocycles. The third-order valence-electron chi connectivity index (χ3n) is 7.25. The second kappa shape index (κ2) is 9.64. The third-order valence-corrected chi connectivity index (χ3v) is 9.00. The number of sulfone groups is 1. The fraction of sp³-hybridized carbons (Fsp3) is 0.385. The molecular formula is C26H26F3N5O3S. The van der Waals surface area contributed by atoms with Crippen molar-refractivity contribution in [2.75, 3.05) is 17.2 Å². The largest absolute Gasteiger partial charge is 0.419 e. The van der Waals surface area contributed by atoms with E-state index in [0.717, 1.165) is 49.3 Å². The molecule has 1 aromatic carbocycles. The van der Waals surface area contributed by atoms with Gasteiger partial charge in [0.1, 0.15) is 5.69 Å². The number of fused-ring (bicyclic) bond motifs is 2. The minimum Gasteiger partial charge on any atom is -0.334 e. The van der Waals surface area contributed by atoms with E-state index in [-0.39, 0.29) is 34.5 Å². The molecule has 5 rings (SSSR count). The highest BCUT2D eigenvalue weighted by atomic mass is 32.2. The summed E-state index contributed by atoms with van der Waals surface area (Å²) in [5.41, 5.74) is 1.25. The first-order valence-corrected chi connectivity index (χ1v) is 14.0. The quantitative estimate of drug-likeness (QED) is 0.489. The number of carbonyl (C=O) groups is 1. The highest BCUT2D eigenvalue weighted by Gasteiger charge is 2.48. The lowest BCUT2D eigenvalue weighted by Gasteiger charge is -2.24. The predicted octanol–water partition coefficient (Wildman–Crippen LogP) is 4.89. The fourth-order valence-electron chi connectivity index (χ4n) is 5.14. The predicted molar refractivity (Wildman–Crippen MR) is 134 cm³/mol. The molecule has 1 N–H and O–H groups in total. The lowest BCUT2D eigenvalue weighted by atomic mass is 9.84. The highest BCUT2D eigenvalue weighted by molar-refractivity contribution is 7.91. The normalized spacial score (nSPS) is 16.6. The van der Waals surface area contributed by atoms with Crippen LogP contribution < -0.4 is 10.2 Å². The Balaban J connectivity index is 1.36. The Morgan fingerprint density at radius 2 is 1.71 bits per heavy atom. The Morgan fingerprint density at radius 1 is 1.05 bits per heavy atom. The van der Waals surface area contributed by atoms with Crippen LogP contribution in [-0.4, -0.2) is 41.7 Å². The molecule has 12 heteroatoms. The molecule has 200 valence electrons. The van der Waals surface area contributed by atoms with E-state index >= 15 is 0 Å². The number of hydrogen-bond donors (Lipinski definition) is 1. The number of carbonyl (C=O) groups excluding carboxylic acids is 1. The summed E-state index contributed by atoms with van der Waals surface area (Å²) >= 11 is 0. The van der Waals surface area contributed by atoms with Gasteiger partial charge in [-0.25, -0.2) is 28.2 Å². The van der Waals surface area contributed by atoms with E-state index in [1.807, 2.05) is 0 Å². The first-order chi connectivity index (χ1) is 18.0. The van der Waals surface area contributed by atoms with Crippen molar-refractivity contribution in [3.63, 3.8) is 0 Å². The minimum absolute atomic E-state index is 0.0138. The van der Waals surface area contributed by atoms with E-state index in [4.69, 9.17) is 4.98 Å². The summed E-state index contributed by atoms with van der Waals surface area (Å²) in [5, 5.41) is 2.91. The fourth-order valence-corrected chi connectivity index (χ4v) is 6.02. The van der Waals surface area contributed by atoms with Crippen molar-refractivity contribution < 1.29 is 26.4 Å². The van der Waals surface area contributed by atoms with Crippen LogP contribution in [0.15, 0.2) is 53.7 Å². The number of amides is 2. The zero-order chi connectivity index (χ0) is 27.1. The van der Waals surface area contributed by atoms with Gasteiger partial charge < -0.3 is 5.32 Å². The van der Waals surface area contributed by atoms with Gasteiger partial charge in [0, 0.05) is 30.9 Å². The van der Waals surface area contributed by atoms with Crippen LogP contribution in [0.4, 0.5) is 23.7 Å². The number of pyridine rings is 1. The molecule has 0 atom stereocenters. The summed E-state index contributed by atoms with van der Waals surface area (Å²) in [5.74, 6) is 0.102. The van der Waals surface area contributed by atoms with Crippen LogP contribution in [0, 0.1) is 0 Å². The molecule has 2 aromatic heterocycles. The number of alkyl halides is 3. The maximum Gasteiger partial charge on any atom is 0.419 e. The van der Waals surface area contributed by atoms with Crippen LogP contribution in [-0.2, 0) is 28.0 Å². The molecular weight excluding hydrogens is 519 g/mol. The molecule has 2 aliphatic rings. The zero-order valence-corrected chi connectivity index (χ0v) is 21.4. The first-order valence-electron chi connectivity index (χ1n) is 12.3. The number of rotatable bonds is 5. The maximum atomic E-state index is 13.2. The molecule has 1 aliphatic carbocycles. The summed E-state index contributed by atoms with van der Waals surface area (Å²) in [6.07, 6.45) is 0.637. The molecule has 1 aliphatic heterocycles. The number of benzene rings is 1. The summed E-state index contributed by atoms with van der Waals surface area (Å²) in [6, 6.07) is 9.48.